The number of piperidine rings is 1. The number of carbonyl (C=O) groups excluding carboxylic acids is 1. The molecule has 0 saturated carbocycles. The topological polar surface area (TPSA) is 32.8 Å². The lowest BCUT2D eigenvalue weighted by Gasteiger charge is -2.39. The molecule has 0 unspecified atom stereocenters. The van der Waals surface area contributed by atoms with E-state index in [1.165, 1.54) is 11.3 Å². The van der Waals surface area contributed by atoms with Gasteiger partial charge in [-0.1, -0.05) is 6.07 Å². The maximum Gasteiger partial charge on any atom is 0.410 e. The van der Waals surface area contributed by atoms with Gasteiger partial charge < -0.3 is 9.64 Å². The zero-order valence-corrected chi connectivity index (χ0v) is 15.9. The SMILES string of the molecule is C[C@@H](c1cccs1)N(C)C[C@H]1CCCCN1C(=O)OC(C)(C)C. The highest BCUT2D eigenvalue weighted by molar-refractivity contribution is 7.10. The largest absolute Gasteiger partial charge is 0.444 e. The number of carbonyl (C=O) groups is 1. The van der Waals surface area contributed by atoms with Crippen LogP contribution in [0.2, 0.25) is 0 Å². The van der Waals surface area contributed by atoms with Gasteiger partial charge in [0.25, 0.3) is 0 Å². The summed E-state index contributed by atoms with van der Waals surface area (Å²) in [6.45, 7) is 9.70. The van der Waals surface area contributed by atoms with E-state index in [-0.39, 0.29) is 12.1 Å². The van der Waals surface area contributed by atoms with Crippen molar-refractivity contribution in [1.29, 1.82) is 0 Å². The van der Waals surface area contributed by atoms with Crippen molar-refractivity contribution in [2.45, 2.75) is 64.6 Å². The van der Waals surface area contributed by atoms with Crippen LogP contribution in [0, 0.1) is 0 Å². The summed E-state index contributed by atoms with van der Waals surface area (Å²) < 4.78 is 5.59. The summed E-state index contributed by atoms with van der Waals surface area (Å²) in [4.78, 5) is 18.1. The van der Waals surface area contributed by atoms with Gasteiger partial charge in [0.15, 0.2) is 0 Å². The molecule has 5 heteroatoms. The van der Waals surface area contributed by atoms with E-state index in [4.69, 9.17) is 4.74 Å². The van der Waals surface area contributed by atoms with Gasteiger partial charge in [-0.15, -0.1) is 11.3 Å². The zero-order valence-electron chi connectivity index (χ0n) is 15.0. The number of hydrogen-bond donors (Lipinski definition) is 0. The number of thiophene rings is 1. The van der Waals surface area contributed by atoms with Crippen molar-refractivity contribution >= 4 is 17.4 Å². The minimum Gasteiger partial charge on any atom is -0.444 e. The summed E-state index contributed by atoms with van der Waals surface area (Å²) in [6, 6.07) is 4.89. The number of amides is 1. The summed E-state index contributed by atoms with van der Waals surface area (Å²) in [5, 5.41) is 2.12. The number of ether oxygens (including phenoxy) is 1. The molecule has 130 valence electrons. The highest BCUT2D eigenvalue weighted by atomic mass is 32.1. The Morgan fingerprint density at radius 2 is 2.22 bits per heavy atom. The first-order valence-electron chi connectivity index (χ1n) is 8.51. The maximum absolute atomic E-state index is 12.5. The van der Waals surface area contributed by atoms with Gasteiger partial charge in [-0.2, -0.15) is 0 Å². The van der Waals surface area contributed by atoms with E-state index in [1.807, 2.05) is 25.7 Å². The van der Waals surface area contributed by atoms with E-state index in [0.29, 0.717) is 6.04 Å². The molecule has 4 nitrogen and oxygen atoms in total. The van der Waals surface area contributed by atoms with Gasteiger partial charge in [-0.05, 0) is 65.5 Å². The fraction of sp³-hybridized carbons (Fsp3) is 0.722. The van der Waals surface area contributed by atoms with Gasteiger partial charge >= 0.3 is 6.09 Å². The van der Waals surface area contributed by atoms with Crippen LogP contribution in [-0.2, 0) is 4.74 Å². The lowest BCUT2D eigenvalue weighted by Crippen LogP contribution is -2.50. The average Bonchev–Trinajstić information content (AvgIpc) is 2.99. The summed E-state index contributed by atoms with van der Waals surface area (Å²) >= 11 is 1.79. The molecule has 1 aliphatic heterocycles. The Hall–Kier alpha value is -1.07. The van der Waals surface area contributed by atoms with Crippen molar-refractivity contribution in [1.82, 2.24) is 9.80 Å². The first-order valence-corrected chi connectivity index (χ1v) is 9.39. The zero-order chi connectivity index (χ0) is 17.0. The second-order valence-electron chi connectivity index (χ2n) is 7.45. The molecule has 0 spiro atoms. The molecule has 1 amide bonds. The van der Waals surface area contributed by atoms with Crippen molar-refractivity contribution in [2.75, 3.05) is 20.1 Å². The lowest BCUT2D eigenvalue weighted by atomic mass is 10.0. The second kappa shape index (κ2) is 7.67. The van der Waals surface area contributed by atoms with Gasteiger partial charge in [0.05, 0.1) is 0 Å². The molecule has 1 aromatic rings. The van der Waals surface area contributed by atoms with E-state index < -0.39 is 5.60 Å². The van der Waals surface area contributed by atoms with E-state index in [0.717, 1.165) is 25.9 Å². The Labute approximate surface area is 144 Å². The highest BCUT2D eigenvalue weighted by Gasteiger charge is 2.31. The minimum atomic E-state index is -0.435. The summed E-state index contributed by atoms with van der Waals surface area (Å²) in [5.74, 6) is 0. The summed E-state index contributed by atoms with van der Waals surface area (Å²) in [5.41, 5.74) is -0.435. The molecular formula is C18H30N2O2S. The van der Waals surface area contributed by atoms with Gasteiger partial charge in [-0.25, -0.2) is 4.79 Å². The van der Waals surface area contributed by atoms with Crippen LogP contribution in [0.4, 0.5) is 4.79 Å². The van der Waals surface area contributed by atoms with Crippen LogP contribution in [0.15, 0.2) is 17.5 Å². The Balaban J connectivity index is 1.99. The van der Waals surface area contributed by atoms with Gasteiger partial charge in [0, 0.05) is 30.1 Å². The van der Waals surface area contributed by atoms with Crippen molar-refractivity contribution in [2.24, 2.45) is 0 Å². The van der Waals surface area contributed by atoms with E-state index in [2.05, 4.69) is 36.4 Å². The molecule has 2 heterocycles. The number of likely N-dealkylation sites (tertiary alicyclic amines) is 1. The number of hydrogen-bond acceptors (Lipinski definition) is 4. The molecule has 0 aromatic carbocycles. The fourth-order valence-electron chi connectivity index (χ4n) is 2.99. The van der Waals surface area contributed by atoms with Crippen LogP contribution in [0.25, 0.3) is 0 Å². The van der Waals surface area contributed by atoms with E-state index >= 15 is 0 Å². The molecule has 1 saturated heterocycles. The Morgan fingerprint density at radius 1 is 1.48 bits per heavy atom. The molecule has 0 radical (unpaired) electrons. The van der Waals surface area contributed by atoms with E-state index in [1.54, 1.807) is 11.3 Å². The van der Waals surface area contributed by atoms with Crippen molar-refractivity contribution < 1.29 is 9.53 Å². The molecule has 23 heavy (non-hydrogen) atoms. The molecule has 0 N–H and O–H groups in total. The average molecular weight is 339 g/mol. The molecule has 0 bridgehead atoms. The van der Waals surface area contributed by atoms with Crippen LogP contribution in [-0.4, -0.2) is 47.7 Å². The first kappa shape index (κ1) is 18.3. The number of likely N-dealkylation sites (N-methyl/N-ethyl adjacent to an activating group) is 1. The predicted molar refractivity (Wildman–Crippen MR) is 95.9 cm³/mol. The smallest absolute Gasteiger partial charge is 0.410 e. The monoisotopic (exact) mass is 338 g/mol. The fourth-order valence-corrected chi connectivity index (χ4v) is 3.84. The molecule has 0 aliphatic carbocycles. The molecule has 2 atom stereocenters. The van der Waals surface area contributed by atoms with Gasteiger partial charge in [-0.3, -0.25) is 4.90 Å². The third kappa shape index (κ3) is 5.21. The number of nitrogens with zero attached hydrogens (tertiary/aromatic N) is 2. The van der Waals surface area contributed by atoms with Crippen LogP contribution in [0.3, 0.4) is 0 Å². The maximum atomic E-state index is 12.5. The minimum absolute atomic E-state index is 0.167. The van der Waals surface area contributed by atoms with Crippen molar-refractivity contribution in [3.8, 4) is 0 Å². The van der Waals surface area contributed by atoms with Gasteiger partial charge in [0.1, 0.15) is 5.60 Å². The van der Waals surface area contributed by atoms with Crippen molar-refractivity contribution in [3.05, 3.63) is 22.4 Å². The Kier molecular flexibility index (Phi) is 6.09. The Bertz CT molecular complexity index is 496. The molecular weight excluding hydrogens is 308 g/mol. The molecule has 2 rings (SSSR count). The molecule has 1 fully saturated rings. The van der Waals surface area contributed by atoms with Crippen LogP contribution >= 0.6 is 11.3 Å². The third-order valence-electron chi connectivity index (χ3n) is 4.37. The van der Waals surface area contributed by atoms with Gasteiger partial charge in [0.2, 0.25) is 0 Å². The highest BCUT2D eigenvalue weighted by Crippen LogP contribution is 2.26. The van der Waals surface area contributed by atoms with Crippen LogP contribution in [0.1, 0.15) is 57.9 Å². The van der Waals surface area contributed by atoms with Crippen LogP contribution in [0.5, 0.6) is 0 Å². The normalized spacial score (nSPS) is 20.6. The van der Waals surface area contributed by atoms with Crippen LogP contribution < -0.4 is 0 Å². The molecule has 1 aliphatic rings. The third-order valence-corrected chi connectivity index (χ3v) is 5.41. The van der Waals surface area contributed by atoms with E-state index in [9.17, 15) is 4.79 Å². The first-order chi connectivity index (χ1) is 10.8. The summed E-state index contributed by atoms with van der Waals surface area (Å²) in [6.07, 6.45) is 3.14. The second-order valence-corrected chi connectivity index (χ2v) is 8.43. The summed E-state index contributed by atoms with van der Waals surface area (Å²) in [7, 11) is 2.15. The quantitative estimate of drug-likeness (QED) is 0.808. The van der Waals surface area contributed by atoms with Crippen molar-refractivity contribution in [3.63, 3.8) is 0 Å². The number of rotatable bonds is 4. The predicted octanol–water partition coefficient (Wildman–Crippen LogP) is 4.53. The lowest BCUT2D eigenvalue weighted by molar-refractivity contribution is 0.00471. The standard InChI is InChI=1S/C18H30N2O2S/c1-14(16-10-8-12-23-16)19(5)13-15-9-6-7-11-20(15)17(21)22-18(2,3)4/h8,10,12,14-15H,6-7,9,11,13H2,1-5H3/t14-,15+/m0/s1. The Morgan fingerprint density at radius 3 is 2.83 bits per heavy atom. The molecule has 1 aromatic heterocycles.